The number of benzene rings is 1. The van der Waals surface area contributed by atoms with Crippen LogP contribution in [0.1, 0.15) is 23.7 Å². The molecule has 1 atom stereocenters. The molecule has 0 aromatic heterocycles. The maximum atomic E-state index is 12.1. The van der Waals surface area contributed by atoms with Crippen molar-refractivity contribution in [1.29, 1.82) is 0 Å². The van der Waals surface area contributed by atoms with Crippen LogP contribution in [-0.2, 0) is 10.0 Å². The fraction of sp³-hybridized carbons (Fsp3) is 0.417. The SMILES string of the molecule is CCC(CSC)NS(=O)(=O)c1cccc(C(=O)O)c1. The predicted molar refractivity (Wildman–Crippen MR) is 76.2 cm³/mol. The van der Waals surface area contributed by atoms with Crippen LogP contribution in [0.4, 0.5) is 0 Å². The summed E-state index contributed by atoms with van der Waals surface area (Å²) in [6, 6.07) is 5.18. The summed E-state index contributed by atoms with van der Waals surface area (Å²) in [5.41, 5.74) is -0.0409. The van der Waals surface area contributed by atoms with E-state index in [2.05, 4.69) is 4.72 Å². The van der Waals surface area contributed by atoms with E-state index in [0.29, 0.717) is 12.2 Å². The Balaban J connectivity index is 2.99. The van der Waals surface area contributed by atoms with E-state index in [-0.39, 0.29) is 16.5 Å². The summed E-state index contributed by atoms with van der Waals surface area (Å²) >= 11 is 1.56. The number of aromatic carboxylic acids is 1. The lowest BCUT2D eigenvalue weighted by atomic mass is 10.2. The molecule has 106 valence electrons. The van der Waals surface area contributed by atoms with E-state index in [1.807, 2.05) is 13.2 Å². The highest BCUT2D eigenvalue weighted by Crippen LogP contribution is 2.13. The molecule has 0 fully saturated rings. The van der Waals surface area contributed by atoms with Gasteiger partial charge in [0.15, 0.2) is 0 Å². The van der Waals surface area contributed by atoms with Crippen LogP contribution in [0, 0.1) is 0 Å². The summed E-state index contributed by atoms with van der Waals surface area (Å²) in [7, 11) is -3.68. The quantitative estimate of drug-likeness (QED) is 0.802. The van der Waals surface area contributed by atoms with Crippen LogP contribution >= 0.6 is 11.8 Å². The van der Waals surface area contributed by atoms with Crippen molar-refractivity contribution in [2.24, 2.45) is 0 Å². The maximum Gasteiger partial charge on any atom is 0.335 e. The van der Waals surface area contributed by atoms with Gasteiger partial charge in [0, 0.05) is 11.8 Å². The first-order valence-corrected chi connectivity index (χ1v) is 8.63. The van der Waals surface area contributed by atoms with E-state index in [1.54, 1.807) is 11.8 Å². The molecule has 1 aromatic carbocycles. The summed E-state index contributed by atoms with van der Waals surface area (Å²) < 4.78 is 26.9. The normalized spacial score (nSPS) is 13.2. The fourth-order valence-electron chi connectivity index (χ4n) is 1.52. The van der Waals surface area contributed by atoms with Crippen molar-refractivity contribution in [3.8, 4) is 0 Å². The second-order valence-electron chi connectivity index (χ2n) is 4.01. The molecular formula is C12H17NO4S2. The molecule has 0 aliphatic heterocycles. The number of carboxylic acid groups (broad SMARTS) is 1. The Labute approximate surface area is 117 Å². The van der Waals surface area contributed by atoms with Crippen LogP contribution in [0.25, 0.3) is 0 Å². The predicted octanol–water partition coefficient (Wildman–Crippen LogP) is 1.80. The van der Waals surface area contributed by atoms with Gasteiger partial charge in [-0.2, -0.15) is 11.8 Å². The topological polar surface area (TPSA) is 83.5 Å². The second-order valence-corrected chi connectivity index (χ2v) is 6.64. The molecule has 7 heteroatoms. The Morgan fingerprint density at radius 3 is 2.68 bits per heavy atom. The summed E-state index contributed by atoms with van der Waals surface area (Å²) in [5, 5.41) is 8.87. The third-order valence-corrected chi connectivity index (χ3v) is 4.83. The van der Waals surface area contributed by atoms with E-state index in [9.17, 15) is 13.2 Å². The molecule has 0 spiro atoms. The first-order valence-electron chi connectivity index (χ1n) is 5.75. The maximum absolute atomic E-state index is 12.1. The lowest BCUT2D eigenvalue weighted by Gasteiger charge is -2.16. The Morgan fingerprint density at radius 2 is 2.16 bits per heavy atom. The van der Waals surface area contributed by atoms with E-state index in [1.165, 1.54) is 18.2 Å². The molecule has 0 aliphatic carbocycles. The van der Waals surface area contributed by atoms with Gasteiger partial charge in [0.05, 0.1) is 10.5 Å². The highest BCUT2D eigenvalue weighted by molar-refractivity contribution is 7.98. The van der Waals surface area contributed by atoms with Crippen molar-refractivity contribution in [3.63, 3.8) is 0 Å². The van der Waals surface area contributed by atoms with Gasteiger partial charge in [-0.3, -0.25) is 0 Å². The zero-order valence-electron chi connectivity index (χ0n) is 10.8. The van der Waals surface area contributed by atoms with Gasteiger partial charge in [0.25, 0.3) is 0 Å². The first-order chi connectivity index (χ1) is 8.90. The number of nitrogens with one attached hydrogen (secondary N) is 1. The molecule has 2 N–H and O–H groups in total. The van der Waals surface area contributed by atoms with E-state index >= 15 is 0 Å². The number of rotatable bonds is 7. The van der Waals surface area contributed by atoms with Crippen molar-refractivity contribution in [3.05, 3.63) is 29.8 Å². The zero-order chi connectivity index (χ0) is 14.5. The monoisotopic (exact) mass is 303 g/mol. The third kappa shape index (κ3) is 4.52. The molecule has 19 heavy (non-hydrogen) atoms. The molecule has 0 saturated carbocycles. The van der Waals surface area contributed by atoms with Gasteiger partial charge < -0.3 is 5.11 Å². The van der Waals surface area contributed by atoms with Gasteiger partial charge in [-0.15, -0.1) is 0 Å². The third-order valence-electron chi connectivity index (χ3n) is 2.57. The largest absolute Gasteiger partial charge is 0.478 e. The molecule has 0 bridgehead atoms. The standard InChI is InChI=1S/C12H17NO4S2/c1-3-10(8-18-2)13-19(16,17)11-6-4-5-9(7-11)12(14)15/h4-7,10,13H,3,8H2,1-2H3,(H,14,15). The van der Waals surface area contributed by atoms with E-state index in [0.717, 1.165) is 6.07 Å². The van der Waals surface area contributed by atoms with Crippen LogP contribution < -0.4 is 4.72 Å². The number of carbonyl (C=O) groups is 1. The molecule has 0 radical (unpaired) electrons. The number of carboxylic acids is 1. The number of sulfonamides is 1. The van der Waals surface area contributed by atoms with Gasteiger partial charge in [-0.1, -0.05) is 13.0 Å². The van der Waals surface area contributed by atoms with Crippen LogP contribution in [0.3, 0.4) is 0 Å². The molecule has 0 amide bonds. The molecule has 5 nitrogen and oxygen atoms in total. The second kappa shape index (κ2) is 6.93. The average molecular weight is 303 g/mol. The Bertz CT molecular complexity index is 542. The van der Waals surface area contributed by atoms with Gasteiger partial charge in [0.2, 0.25) is 10.0 Å². The Hall–Kier alpha value is -1.05. The smallest absolute Gasteiger partial charge is 0.335 e. The van der Waals surface area contributed by atoms with Crippen LogP contribution in [0.2, 0.25) is 0 Å². The van der Waals surface area contributed by atoms with Crippen LogP contribution in [0.5, 0.6) is 0 Å². The van der Waals surface area contributed by atoms with E-state index < -0.39 is 16.0 Å². The molecule has 1 rings (SSSR count). The summed E-state index contributed by atoms with van der Waals surface area (Å²) in [6.45, 7) is 1.90. The van der Waals surface area contributed by atoms with Crippen molar-refractivity contribution < 1.29 is 18.3 Å². The highest BCUT2D eigenvalue weighted by atomic mass is 32.2. The Morgan fingerprint density at radius 1 is 1.47 bits per heavy atom. The van der Waals surface area contributed by atoms with Crippen LogP contribution in [0.15, 0.2) is 29.2 Å². The molecule has 0 heterocycles. The minimum absolute atomic E-state index is 0.0213. The Kier molecular flexibility index (Phi) is 5.84. The molecule has 1 aromatic rings. The average Bonchev–Trinajstić information content (AvgIpc) is 2.38. The summed E-state index contributed by atoms with van der Waals surface area (Å²) in [5.74, 6) is -0.470. The molecular weight excluding hydrogens is 286 g/mol. The summed E-state index contributed by atoms with van der Waals surface area (Å²) in [6.07, 6.45) is 2.58. The first kappa shape index (κ1) is 16.0. The summed E-state index contributed by atoms with van der Waals surface area (Å²) in [4.78, 5) is 10.8. The molecule has 0 aliphatic rings. The van der Waals surface area contributed by atoms with Gasteiger partial charge in [0.1, 0.15) is 0 Å². The van der Waals surface area contributed by atoms with Crippen molar-refractivity contribution in [1.82, 2.24) is 4.72 Å². The van der Waals surface area contributed by atoms with Crippen molar-refractivity contribution in [2.75, 3.05) is 12.0 Å². The molecule has 0 saturated heterocycles. The number of thioether (sulfide) groups is 1. The van der Waals surface area contributed by atoms with Gasteiger partial charge in [-0.25, -0.2) is 17.9 Å². The minimum Gasteiger partial charge on any atom is -0.478 e. The number of hydrogen-bond donors (Lipinski definition) is 2. The highest BCUT2D eigenvalue weighted by Gasteiger charge is 2.19. The van der Waals surface area contributed by atoms with Crippen molar-refractivity contribution >= 4 is 27.8 Å². The molecule has 1 unspecified atom stereocenters. The van der Waals surface area contributed by atoms with Crippen molar-refractivity contribution in [2.45, 2.75) is 24.3 Å². The fourth-order valence-corrected chi connectivity index (χ4v) is 3.71. The lowest BCUT2D eigenvalue weighted by molar-refractivity contribution is 0.0696. The number of hydrogen-bond acceptors (Lipinski definition) is 4. The lowest BCUT2D eigenvalue weighted by Crippen LogP contribution is -2.36. The van der Waals surface area contributed by atoms with E-state index in [4.69, 9.17) is 5.11 Å². The minimum atomic E-state index is -3.68. The van der Waals surface area contributed by atoms with Crippen LogP contribution in [-0.4, -0.2) is 37.5 Å². The van der Waals surface area contributed by atoms with Gasteiger partial charge in [-0.05, 0) is 30.9 Å². The van der Waals surface area contributed by atoms with Gasteiger partial charge >= 0.3 is 5.97 Å². The zero-order valence-corrected chi connectivity index (χ0v) is 12.4.